The highest BCUT2D eigenvalue weighted by Gasteiger charge is 2.39. The summed E-state index contributed by atoms with van der Waals surface area (Å²) in [6.45, 7) is 0. The lowest BCUT2D eigenvalue weighted by molar-refractivity contribution is 0.229. The van der Waals surface area contributed by atoms with Crippen molar-refractivity contribution in [2.75, 3.05) is 0 Å². The average molecular weight is 334 g/mol. The van der Waals surface area contributed by atoms with Crippen molar-refractivity contribution in [2.24, 2.45) is 12.8 Å². The van der Waals surface area contributed by atoms with Gasteiger partial charge in [-0.1, -0.05) is 17.3 Å². The zero-order valence-electron chi connectivity index (χ0n) is 12.5. The van der Waals surface area contributed by atoms with E-state index < -0.39 is 5.54 Å². The Hall–Kier alpha value is -2.25. The molecule has 4 rings (SSSR count). The number of nitrogens with two attached hydrogens (primary N) is 1. The summed E-state index contributed by atoms with van der Waals surface area (Å²) in [5.41, 5.74) is 6.35. The minimum Gasteiger partial charge on any atom is -0.332 e. The highest BCUT2D eigenvalue weighted by Crippen LogP contribution is 2.37. The third kappa shape index (κ3) is 2.32. The maximum atomic E-state index is 12.6. The Labute approximate surface area is 137 Å². The summed E-state index contributed by atoms with van der Waals surface area (Å²) >= 11 is 0. The first kappa shape index (κ1) is 15.6. The molecule has 3 aromatic rings. The predicted octanol–water partition coefficient (Wildman–Crippen LogP) is 1.74. The van der Waals surface area contributed by atoms with E-state index in [4.69, 9.17) is 10.3 Å². The molecule has 0 atom stereocenters. The van der Waals surface area contributed by atoms with Crippen LogP contribution in [0.25, 0.3) is 22.5 Å². The van der Waals surface area contributed by atoms with Crippen LogP contribution >= 0.6 is 12.4 Å². The number of para-hydroxylation sites is 1. The smallest absolute Gasteiger partial charge is 0.282 e. The van der Waals surface area contributed by atoms with Crippen LogP contribution in [0.2, 0.25) is 0 Å². The van der Waals surface area contributed by atoms with Crippen molar-refractivity contribution in [3.8, 4) is 11.6 Å². The van der Waals surface area contributed by atoms with E-state index >= 15 is 0 Å². The topological polar surface area (TPSA) is 99.8 Å². The molecule has 7 nitrogen and oxygen atoms in total. The van der Waals surface area contributed by atoms with E-state index in [1.165, 1.54) is 0 Å². The molecule has 23 heavy (non-hydrogen) atoms. The number of benzene rings is 1. The molecular weight excluding hydrogens is 318 g/mol. The number of halogens is 1. The molecule has 2 aromatic heterocycles. The first-order chi connectivity index (χ1) is 10.6. The molecule has 0 radical (unpaired) electrons. The average Bonchev–Trinajstić information content (AvgIpc) is 2.98. The van der Waals surface area contributed by atoms with Crippen molar-refractivity contribution < 1.29 is 4.52 Å². The zero-order valence-corrected chi connectivity index (χ0v) is 13.3. The Bertz CT molecular complexity index is 929. The van der Waals surface area contributed by atoms with Gasteiger partial charge in [0, 0.05) is 12.4 Å². The number of aryl methyl sites for hydroxylation is 1. The molecule has 1 fully saturated rings. The fourth-order valence-corrected chi connectivity index (χ4v) is 2.77. The number of rotatable bonds is 2. The second-order valence-corrected chi connectivity index (χ2v) is 5.75. The molecule has 0 spiro atoms. The molecule has 1 saturated carbocycles. The molecule has 0 unspecified atom stereocenters. The standard InChI is InChI=1S/C15H15N5O2.ClH/c1-20-10-6-3-2-5-9(10)12(21)11(18-20)13-17-14(19-22-13)15(16)7-4-8-15;/h2-3,5-6H,4,7-8,16H2,1H3;1H. The number of fused-ring (bicyclic) bond motifs is 1. The largest absolute Gasteiger partial charge is 0.332 e. The number of hydrogen-bond acceptors (Lipinski definition) is 6. The molecular formula is C15H16ClN5O2. The second kappa shape index (κ2) is 5.43. The van der Waals surface area contributed by atoms with E-state index in [0.717, 1.165) is 24.8 Å². The van der Waals surface area contributed by atoms with Crippen LogP contribution in [-0.2, 0) is 12.6 Å². The van der Waals surface area contributed by atoms with Gasteiger partial charge in [0.2, 0.25) is 5.43 Å². The van der Waals surface area contributed by atoms with Gasteiger partial charge in [-0.3, -0.25) is 9.48 Å². The van der Waals surface area contributed by atoms with E-state index in [-0.39, 0.29) is 29.4 Å². The Kier molecular flexibility index (Phi) is 3.69. The van der Waals surface area contributed by atoms with Crippen LogP contribution in [0.4, 0.5) is 0 Å². The van der Waals surface area contributed by atoms with E-state index in [2.05, 4.69) is 15.2 Å². The molecule has 0 aliphatic heterocycles. The van der Waals surface area contributed by atoms with E-state index in [1.54, 1.807) is 17.8 Å². The molecule has 1 aromatic carbocycles. The van der Waals surface area contributed by atoms with Gasteiger partial charge in [-0.05, 0) is 31.4 Å². The summed E-state index contributed by atoms with van der Waals surface area (Å²) in [6, 6.07) is 7.28. The minimum absolute atomic E-state index is 0. The van der Waals surface area contributed by atoms with Gasteiger partial charge in [-0.25, -0.2) is 0 Å². The van der Waals surface area contributed by atoms with Gasteiger partial charge in [-0.2, -0.15) is 10.1 Å². The van der Waals surface area contributed by atoms with Crippen LogP contribution < -0.4 is 11.2 Å². The number of hydrogen-bond donors (Lipinski definition) is 1. The molecule has 120 valence electrons. The van der Waals surface area contributed by atoms with Crippen molar-refractivity contribution in [2.45, 2.75) is 24.8 Å². The molecule has 2 heterocycles. The first-order valence-electron chi connectivity index (χ1n) is 7.18. The Morgan fingerprint density at radius 3 is 2.74 bits per heavy atom. The molecule has 0 bridgehead atoms. The van der Waals surface area contributed by atoms with E-state index in [1.807, 2.05) is 18.2 Å². The summed E-state index contributed by atoms with van der Waals surface area (Å²) in [7, 11) is 1.78. The van der Waals surface area contributed by atoms with Gasteiger partial charge in [0.25, 0.3) is 5.89 Å². The third-order valence-electron chi connectivity index (χ3n) is 4.28. The van der Waals surface area contributed by atoms with Crippen molar-refractivity contribution in [3.63, 3.8) is 0 Å². The fourth-order valence-electron chi connectivity index (χ4n) is 2.77. The van der Waals surface area contributed by atoms with Crippen LogP contribution in [0.1, 0.15) is 25.1 Å². The van der Waals surface area contributed by atoms with Crippen molar-refractivity contribution >= 4 is 23.3 Å². The monoisotopic (exact) mass is 333 g/mol. The molecule has 2 N–H and O–H groups in total. The summed E-state index contributed by atoms with van der Waals surface area (Å²) < 4.78 is 6.88. The van der Waals surface area contributed by atoms with Crippen LogP contribution in [-0.4, -0.2) is 19.9 Å². The van der Waals surface area contributed by atoms with Gasteiger partial charge in [-0.15, -0.1) is 12.4 Å². The van der Waals surface area contributed by atoms with Crippen molar-refractivity contribution in [1.29, 1.82) is 0 Å². The van der Waals surface area contributed by atoms with Gasteiger partial charge >= 0.3 is 0 Å². The number of aromatic nitrogens is 4. The van der Waals surface area contributed by atoms with Crippen LogP contribution in [0.3, 0.4) is 0 Å². The first-order valence-corrected chi connectivity index (χ1v) is 7.18. The lowest BCUT2D eigenvalue weighted by Crippen LogP contribution is -2.44. The highest BCUT2D eigenvalue weighted by molar-refractivity contribution is 5.85. The van der Waals surface area contributed by atoms with Crippen LogP contribution in [0.5, 0.6) is 0 Å². The molecule has 0 amide bonds. The van der Waals surface area contributed by atoms with Gasteiger partial charge < -0.3 is 10.3 Å². The quantitative estimate of drug-likeness (QED) is 0.766. The maximum absolute atomic E-state index is 12.6. The highest BCUT2D eigenvalue weighted by atomic mass is 35.5. The summed E-state index contributed by atoms with van der Waals surface area (Å²) in [6.07, 6.45) is 2.71. The Morgan fingerprint density at radius 2 is 2.04 bits per heavy atom. The fraction of sp³-hybridized carbons (Fsp3) is 0.333. The predicted molar refractivity (Wildman–Crippen MR) is 87.2 cm³/mol. The Morgan fingerprint density at radius 1 is 1.30 bits per heavy atom. The lowest BCUT2D eigenvalue weighted by Gasteiger charge is -2.34. The number of nitrogens with zero attached hydrogens (tertiary/aromatic N) is 4. The van der Waals surface area contributed by atoms with E-state index in [9.17, 15) is 4.79 Å². The molecule has 8 heteroatoms. The normalized spacial score (nSPS) is 15.9. The lowest BCUT2D eigenvalue weighted by atomic mass is 9.77. The SMILES string of the molecule is Cl.Cn1nc(-c2nc(C3(N)CCC3)no2)c(=O)c2ccccc21. The third-order valence-corrected chi connectivity index (χ3v) is 4.28. The molecule has 1 aliphatic carbocycles. The molecule has 1 aliphatic rings. The zero-order chi connectivity index (χ0) is 15.3. The summed E-state index contributed by atoms with van der Waals surface area (Å²) in [5.74, 6) is 0.573. The van der Waals surface area contributed by atoms with E-state index in [0.29, 0.717) is 11.2 Å². The van der Waals surface area contributed by atoms with Crippen molar-refractivity contribution in [3.05, 3.63) is 40.3 Å². The van der Waals surface area contributed by atoms with Gasteiger partial charge in [0.15, 0.2) is 11.5 Å². The second-order valence-electron chi connectivity index (χ2n) is 5.75. The molecule has 0 saturated heterocycles. The maximum Gasteiger partial charge on any atom is 0.282 e. The minimum atomic E-state index is -0.524. The van der Waals surface area contributed by atoms with Gasteiger partial charge in [0.1, 0.15) is 0 Å². The summed E-state index contributed by atoms with van der Waals surface area (Å²) in [4.78, 5) is 16.9. The Balaban J connectivity index is 0.00000156. The van der Waals surface area contributed by atoms with Crippen LogP contribution in [0, 0.1) is 0 Å². The van der Waals surface area contributed by atoms with Crippen molar-refractivity contribution in [1.82, 2.24) is 19.9 Å². The van der Waals surface area contributed by atoms with Crippen LogP contribution in [0.15, 0.2) is 33.6 Å². The summed E-state index contributed by atoms with van der Waals surface area (Å²) in [5, 5.41) is 8.79. The van der Waals surface area contributed by atoms with Gasteiger partial charge in [0.05, 0.1) is 11.1 Å².